The first kappa shape index (κ1) is 19.1. The molecule has 0 heterocycles. The second kappa shape index (κ2) is 6.83. The molecule has 3 aromatic rings. The summed E-state index contributed by atoms with van der Waals surface area (Å²) in [5, 5.41) is 6.93. The molecule has 5 rings (SSSR count). The minimum Gasteiger partial charge on any atom is -0.484 e. The van der Waals surface area contributed by atoms with Gasteiger partial charge in [0, 0.05) is 16.7 Å². The van der Waals surface area contributed by atoms with Crippen LogP contribution in [0.5, 0.6) is 5.75 Å². The Labute approximate surface area is 177 Å². The molecule has 4 heteroatoms. The predicted molar refractivity (Wildman–Crippen MR) is 122 cm³/mol. The number of hydrogen-bond donors (Lipinski definition) is 0. The Morgan fingerprint density at radius 3 is 2.47 bits per heavy atom. The Kier molecular flexibility index (Phi) is 4.35. The molecule has 3 aromatic carbocycles. The van der Waals surface area contributed by atoms with Gasteiger partial charge in [-0.2, -0.15) is 5.01 Å². The maximum absolute atomic E-state index is 12.1. The molecule has 2 aliphatic carbocycles. The summed E-state index contributed by atoms with van der Waals surface area (Å²) in [6.45, 7) is 6.97. The third kappa shape index (κ3) is 2.73. The van der Waals surface area contributed by atoms with Crippen LogP contribution in [-0.2, 0) is 0 Å². The van der Waals surface area contributed by atoms with Gasteiger partial charge in [-0.1, -0.05) is 75.7 Å². The van der Waals surface area contributed by atoms with Crippen molar-refractivity contribution in [3.8, 4) is 5.75 Å². The first-order valence-corrected chi connectivity index (χ1v) is 10.9. The molecule has 2 fully saturated rings. The molecule has 0 N–H and O–H groups in total. The minimum absolute atomic E-state index is 0.132. The van der Waals surface area contributed by atoms with Crippen molar-refractivity contribution in [3.63, 3.8) is 0 Å². The predicted octanol–water partition coefficient (Wildman–Crippen LogP) is 7.25. The van der Waals surface area contributed by atoms with Gasteiger partial charge in [-0.25, -0.2) is 0 Å². The van der Waals surface area contributed by atoms with E-state index >= 15 is 0 Å². The van der Waals surface area contributed by atoms with Crippen LogP contribution in [0, 0.1) is 22.2 Å². The molecule has 0 saturated heterocycles. The van der Waals surface area contributed by atoms with Crippen molar-refractivity contribution in [1.29, 1.82) is 0 Å². The lowest BCUT2D eigenvalue weighted by Gasteiger charge is -2.31. The largest absolute Gasteiger partial charge is 0.484 e. The summed E-state index contributed by atoms with van der Waals surface area (Å²) >= 11 is 0. The van der Waals surface area contributed by atoms with Crippen molar-refractivity contribution in [1.82, 2.24) is 0 Å². The van der Waals surface area contributed by atoms with Crippen LogP contribution >= 0.6 is 0 Å². The molecule has 2 saturated carbocycles. The summed E-state index contributed by atoms with van der Waals surface area (Å²) < 4.78 is 6.91. The zero-order chi connectivity index (χ0) is 20.9. The molecule has 0 aliphatic heterocycles. The summed E-state index contributed by atoms with van der Waals surface area (Å²) in [7, 11) is 0. The smallest absolute Gasteiger partial charge is 0.146 e. The molecular weight excluding hydrogens is 372 g/mol. The minimum atomic E-state index is -0.173. The number of nitrogens with zero attached hydrogens (tertiary/aromatic N) is 2. The number of nitroso groups, excluding NO2 is 1. The van der Waals surface area contributed by atoms with Gasteiger partial charge in [0.15, 0.2) is 0 Å². The number of ether oxygens (including phenoxy) is 1. The maximum Gasteiger partial charge on any atom is 0.146 e. The molecule has 3 atom stereocenters. The van der Waals surface area contributed by atoms with Crippen LogP contribution < -0.4 is 9.75 Å². The first-order valence-electron chi connectivity index (χ1n) is 10.9. The third-order valence-corrected chi connectivity index (χ3v) is 7.49. The molecule has 2 aliphatic rings. The van der Waals surface area contributed by atoms with Gasteiger partial charge in [-0.15, -0.1) is 4.91 Å². The highest BCUT2D eigenvalue weighted by atomic mass is 16.5. The molecule has 0 spiro atoms. The normalized spacial score (nSPS) is 26.6. The van der Waals surface area contributed by atoms with E-state index in [4.69, 9.17) is 4.74 Å². The molecule has 0 amide bonds. The van der Waals surface area contributed by atoms with Crippen molar-refractivity contribution in [2.24, 2.45) is 22.5 Å². The Hall–Kier alpha value is -2.88. The lowest BCUT2D eigenvalue weighted by atomic mass is 9.88. The van der Waals surface area contributed by atoms with Crippen molar-refractivity contribution >= 4 is 22.1 Å². The molecule has 0 aromatic heterocycles. The van der Waals surface area contributed by atoms with E-state index in [9.17, 15) is 4.91 Å². The van der Waals surface area contributed by atoms with Gasteiger partial charge in [0.1, 0.15) is 17.0 Å². The van der Waals surface area contributed by atoms with Gasteiger partial charge >= 0.3 is 0 Å². The van der Waals surface area contributed by atoms with E-state index in [1.807, 2.05) is 54.6 Å². The summed E-state index contributed by atoms with van der Waals surface area (Å²) in [6, 6.07) is 21.8. The first-order chi connectivity index (χ1) is 14.5. The van der Waals surface area contributed by atoms with Crippen LogP contribution in [0.3, 0.4) is 0 Å². The average Bonchev–Trinajstić information content (AvgIpc) is 3.23. The van der Waals surface area contributed by atoms with E-state index in [2.05, 4.69) is 38.2 Å². The molecule has 154 valence electrons. The van der Waals surface area contributed by atoms with E-state index in [1.54, 1.807) is 0 Å². The van der Waals surface area contributed by atoms with E-state index < -0.39 is 0 Å². The number of rotatable bonds is 5. The molecule has 30 heavy (non-hydrogen) atoms. The number of benzene rings is 3. The van der Waals surface area contributed by atoms with E-state index in [-0.39, 0.29) is 11.0 Å². The van der Waals surface area contributed by atoms with E-state index in [0.717, 1.165) is 34.3 Å². The lowest BCUT2D eigenvalue weighted by Crippen LogP contribution is -2.31. The summed E-state index contributed by atoms with van der Waals surface area (Å²) in [4.78, 5) is 12.1. The molecule has 0 bridgehead atoms. The monoisotopic (exact) mass is 400 g/mol. The highest BCUT2D eigenvalue weighted by Crippen LogP contribution is 2.71. The second-order valence-electron chi connectivity index (χ2n) is 9.51. The summed E-state index contributed by atoms with van der Waals surface area (Å²) in [5.41, 5.74) is 1.41. The standard InChI is InChI=1S/C26H28N2O2/c1-18-13-16-23-25(2,3)26(23,17-18)30-22-15-14-19-9-7-8-12-21(19)24(22)28(27-29)20-10-5-4-6-11-20/h4-12,14-15,18,23H,13,16-17H2,1-3H3. The van der Waals surface area contributed by atoms with Crippen molar-refractivity contribution < 1.29 is 4.74 Å². The third-order valence-electron chi connectivity index (χ3n) is 7.49. The Bertz CT molecular complexity index is 1090. The lowest BCUT2D eigenvalue weighted by molar-refractivity contribution is 0.0854. The van der Waals surface area contributed by atoms with Crippen LogP contribution in [0.2, 0.25) is 0 Å². The molecule has 0 radical (unpaired) electrons. The van der Waals surface area contributed by atoms with Gasteiger partial charge < -0.3 is 4.74 Å². The zero-order valence-electron chi connectivity index (χ0n) is 17.8. The van der Waals surface area contributed by atoms with Crippen LogP contribution in [0.25, 0.3) is 10.8 Å². The van der Waals surface area contributed by atoms with Gasteiger partial charge in [-0.3, -0.25) is 0 Å². The van der Waals surface area contributed by atoms with Gasteiger partial charge in [0.05, 0.1) is 11.0 Å². The van der Waals surface area contributed by atoms with Crippen molar-refractivity contribution in [3.05, 3.63) is 71.6 Å². The highest BCUT2D eigenvalue weighted by Gasteiger charge is 2.74. The van der Waals surface area contributed by atoms with Crippen molar-refractivity contribution in [2.75, 3.05) is 5.01 Å². The SMILES string of the molecule is CC1CCC2C(C)(C)C2(Oc2ccc3ccccc3c2N(N=O)c2ccccc2)C1. The van der Waals surface area contributed by atoms with Gasteiger partial charge in [0.25, 0.3) is 0 Å². The fourth-order valence-electron chi connectivity index (χ4n) is 5.76. The Balaban J connectivity index is 1.66. The highest BCUT2D eigenvalue weighted by molar-refractivity contribution is 5.99. The number of para-hydroxylation sites is 1. The Morgan fingerprint density at radius 2 is 1.70 bits per heavy atom. The van der Waals surface area contributed by atoms with Crippen LogP contribution in [0.1, 0.15) is 40.0 Å². The van der Waals surface area contributed by atoms with E-state index in [0.29, 0.717) is 11.8 Å². The fraction of sp³-hybridized carbons (Fsp3) is 0.385. The molecule has 4 nitrogen and oxygen atoms in total. The molecular formula is C26H28N2O2. The van der Waals surface area contributed by atoms with Crippen LogP contribution in [0.15, 0.2) is 72.0 Å². The van der Waals surface area contributed by atoms with Gasteiger partial charge in [0.2, 0.25) is 0 Å². The fourth-order valence-corrected chi connectivity index (χ4v) is 5.76. The summed E-state index contributed by atoms with van der Waals surface area (Å²) in [6.07, 6.45) is 3.51. The van der Waals surface area contributed by atoms with E-state index in [1.165, 1.54) is 17.9 Å². The summed E-state index contributed by atoms with van der Waals surface area (Å²) in [5.74, 6) is 1.93. The number of hydrogen-bond acceptors (Lipinski definition) is 3. The quantitative estimate of drug-likeness (QED) is 0.334. The topological polar surface area (TPSA) is 41.9 Å². The zero-order valence-corrected chi connectivity index (χ0v) is 17.8. The second-order valence-corrected chi connectivity index (χ2v) is 9.51. The number of anilines is 2. The maximum atomic E-state index is 12.1. The van der Waals surface area contributed by atoms with Crippen molar-refractivity contribution in [2.45, 2.75) is 45.6 Å². The average molecular weight is 401 g/mol. The van der Waals surface area contributed by atoms with Gasteiger partial charge in [-0.05, 0) is 42.3 Å². The van der Waals surface area contributed by atoms with Crippen LogP contribution in [-0.4, -0.2) is 5.60 Å². The number of fused-ring (bicyclic) bond motifs is 2. The molecule has 3 unspecified atom stereocenters. The Morgan fingerprint density at radius 1 is 0.967 bits per heavy atom. The van der Waals surface area contributed by atoms with Crippen LogP contribution in [0.4, 0.5) is 11.4 Å².